The van der Waals surface area contributed by atoms with E-state index in [1.807, 2.05) is 0 Å². The van der Waals surface area contributed by atoms with E-state index in [1.165, 1.54) is 25.7 Å². The van der Waals surface area contributed by atoms with E-state index in [0.717, 1.165) is 25.8 Å². The van der Waals surface area contributed by atoms with Crippen molar-refractivity contribution in [1.29, 1.82) is 0 Å². The summed E-state index contributed by atoms with van der Waals surface area (Å²) >= 11 is 0. The zero-order valence-corrected chi connectivity index (χ0v) is 12.3. The summed E-state index contributed by atoms with van der Waals surface area (Å²) in [7, 11) is 0. The molecule has 1 saturated carbocycles. The molecular weight excluding hydrogens is 224 g/mol. The number of hydrogen-bond donors (Lipinski definition) is 1. The van der Waals surface area contributed by atoms with Gasteiger partial charge in [-0.2, -0.15) is 0 Å². The first-order valence-corrected chi connectivity index (χ1v) is 7.62. The van der Waals surface area contributed by atoms with Gasteiger partial charge in [-0.1, -0.05) is 40.0 Å². The predicted molar refractivity (Wildman–Crippen MR) is 76.3 cm³/mol. The van der Waals surface area contributed by atoms with Gasteiger partial charge in [0.15, 0.2) is 0 Å². The van der Waals surface area contributed by atoms with Gasteiger partial charge in [-0.3, -0.25) is 4.79 Å². The largest absolute Gasteiger partial charge is 0.338 e. The summed E-state index contributed by atoms with van der Waals surface area (Å²) in [5, 5.41) is 0. The van der Waals surface area contributed by atoms with Crippen molar-refractivity contribution in [3.05, 3.63) is 0 Å². The lowest BCUT2D eigenvalue weighted by molar-refractivity contribution is -0.135. The number of nitrogens with two attached hydrogens (primary N) is 1. The number of nitrogens with zero attached hydrogens (tertiary/aromatic N) is 1. The maximum absolute atomic E-state index is 12.4. The fraction of sp³-hybridized carbons (Fsp3) is 0.933. The third-order valence-corrected chi connectivity index (χ3v) is 3.91. The molecule has 3 nitrogen and oxygen atoms in total. The van der Waals surface area contributed by atoms with E-state index in [-0.39, 0.29) is 11.9 Å². The van der Waals surface area contributed by atoms with E-state index < -0.39 is 0 Å². The number of amides is 1. The molecule has 0 aromatic heterocycles. The van der Waals surface area contributed by atoms with Crippen LogP contribution in [0.2, 0.25) is 0 Å². The first-order chi connectivity index (χ1) is 8.56. The van der Waals surface area contributed by atoms with Crippen LogP contribution in [0.15, 0.2) is 0 Å². The van der Waals surface area contributed by atoms with Crippen LogP contribution in [0.5, 0.6) is 0 Å². The summed E-state index contributed by atoms with van der Waals surface area (Å²) in [5.74, 6) is 0.827. The Morgan fingerprint density at radius 1 is 1.28 bits per heavy atom. The van der Waals surface area contributed by atoms with Crippen molar-refractivity contribution >= 4 is 5.91 Å². The molecule has 1 aliphatic rings. The average Bonchev–Trinajstić information content (AvgIpc) is 2.82. The molecule has 1 amide bonds. The number of carbonyl (C=O) groups excluding carboxylic acids is 1. The van der Waals surface area contributed by atoms with E-state index in [1.54, 1.807) is 0 Å². The molecular formula is C15H30N2O. The molecule has 0 aromatic carbocycles. The highest BCUT2D eigenvalue weighted by Gasteiger charge is 2.29. The molecule has 0 saturated heterocycles. The molecule has 0 aromatic rings. The van der Waals surface area contributed by atoms with Crippen LogP contribution in [-0.4, -0.2) is 29.4 Å². The van der Waals surface area contributed by atoms with E-state index in [4.69, 9.17) is 5.73 Å². The average molecular weight is 254 g/mol. The SMILES string of the molecule is CCCC(N)C(=O)N(CCC(C)C)C1CCCC1. The highest BCUT2D eigenvalue weighted by Crippen LogP contribution is 2.25. The van der Waals surface area contributed by atoms with Crippen molar-refractivity contribution in [3.63, 3.8) is 0 Å². The number of hydrogen-bond acceptors (Lipinski definition) is 2. The number of carbonyl (C=O) groups is 1. The fourth-order valence-electron chi connectivity index (χ4n) is 2.73. The molecule has 0 heterocycles. The lowest BCUT2D eigenvalue weighted by atomic mass is 10.1. The molecule has 2 N–H and O–H groups in total. The van der Waals surface area contributed by atoms with Gasteiger partial charge in [0.05, 0.1) is 6.04 Å². The third kappa shape index (κ3) is 4.60. The van der Waals surface area contributed by atoms with Gasteiger partial charge in [0, 0.05) is 12.6 Å². The molecule has 18 heavy (non-hydrogen) atoms. The van der Waals surface area contributed by atoms with Crippen LogP contribution in [0.25, 0.3) is 0 Å². The second kappa shape index (κ2) is 7.78. The molecule has 0 radical (unpaired) electrons. The summed E-state index contributed by atoms with van der Waals surface area (Å²) in [6.07, 6.45) is 7.74. The van der Waals surface area contributed by atoms with Gasteiger partial charge < -0.3 is 10.6 Å². The zero-order valence-electron chi connectivity index (χ0n) is 12.3. The Kier molecular flexibility index (Phi) is 6.69. The minimum absolute atomic E-state index is 0.185. The first-order valence-electron chi connectivity index (χ1n) is 7.62. The summed E-state index contributed by atoms with van der Waals surface area (Å²) in [4.78, 5) is 14.5. The van der Waals surface area contributed by atoms with Gasteiger partial charge >= 0.3 is 0 Å². The minimum Gasteiger partial charge on any atom is -0.338 e. The Labute approximate surface area is 112 Å². The molecule has 0 spiro atoms. The molecule has 0 bridgehead atoms. The maximum atomic E-state index is 12.4. The van der Waals surface area contributed by atoms with Crippen molar-refractivity contribution in [2.24, 2.45) is 11.7 Å². The monoisotopic (exact) mass is 254 g/mol. The Morgan fingerprint density at radius 3 is 2.39 bits per heavy atom. The summed E-state index contributed by atoms with van der Waals surface area (Å²) in [6, 6.07) is 0.168. The van der Waals surface area contributed by atoms with Crippen molar-refractivity contribution in [1.82, 2.24) is 4.90 Å². The maximum Gasteiger partial charge on any atom is 0.239 e. The van der Waals surface area contributed by atoms with Crippen LogP contribution in [0, 0.1) is 5.92 Å². The van der Waals surface area contributed by atoms with Crippen LogP contribution in [0.1, 0.15) is 65.7 Å². The Morgan fingerprint density at radius 2 is 1.89 bits per heavy atom. The highest BCUT2D eigenvalue weighted by molar-refractivity contribution is 5.82. The van der Waals surface area contributed by atoms with E-state index in [0.29, 0.717) is 12.0 Å². The molecule has 106 valence electrons. The van der Waals surface area contributed by atoms with Crippen molar-refractivity contribution in [2.45, 2.75) is 77.8 Å². The van der Waals surface area contributed by atoms with Crippen LogP contribution in [-0.2, 0) is 4.79 Å². The highest BCUT2D eigenvalue weighted by atomic mass is 16.2. The standard InChI is InChI=1S/C15H30N2O/c1-4-7-14(16)15(18)17(11-10-12(2)3)13-8-5-6-9-13/h12-14H,4-11,16H2,1-3H3. The smallest absolute Gasteiger partial charge is 0.239 e. The summed E-state index contributed by atoms with van der Waals surface area (Å²) < 4.78 is 0. The van der Waals surface area contributed by atoms with Gasteiger partial charge in [0.25, 0.3) is 0 Å². The van der Waals surface area contributed by atoms with E-state index >= 15 is 0 Å². The molecule has 1 rings (SSSR count). The van der Waals surface area contributed by atoms with Crippen molar-refractivity contribution in [2.75, 3.05) is 6.54 Å². The van der Waals surface area contributed by atoms with E-state index in [9.17, 15) is 4.79 Å². The summed E-state index contributed by atoms with van der Waals surface area (Å²) in [5.41, 5.74) is 6.01. The van der Waals surface area contributed by atoms with Gasteiger partial charge in [0.1, 0.15) is 0 Å². The Hall–Kier alpha value is -0.570. The topological polar surface area (TPSA) is 46.3 Å². The molecule has 1 aliphatic carbocycles. The molecule has 1 fully saturated rings. The van der Waals surface area contributed by atoms with E-state index in [2.05, 4.69) is 25.7 Å². The normalized spacial score (nSPS) is 18.3. The van der Waals surface area contributed by atoms with Crippen LogP contribution < -0.4 is 5.73 Å². The lowest BCUT2D eigenvalue weighted by Crippen LogP contribution is -2.48. The van der Waals surface area contributed by atoms with Gasteiger partial charge in [-0.25, -0.2) is 0 Å². The molecule has 1 atom stereocenters. The number of rotatable bonds is 7. The van der Waals surface area contributed by atoms with Crippen LogP contribution in [0.3, 0.4) is 0 Å². The van der Waals surface area contributed by atoms with Gasteiger partial charge in [-0.05, 0) is 31.6 Å². The Balaban J connectivity index is 2.60. The second-order valence-corrected chi connectivity index (χ2v) is 6.05. The van der Waals surface area contributed by atoms with Crippen LogP contribution in [0.4, 0.5) is 0 Å². The molecule has 3 heteroatoms. The lowest BCUT2D eigenvalue weighted by Gasteiger charge is -2.32. The zero-order chi connectivity index (χ0) is 13.5. The van der Waals surface area contributed by atoms with Crippen LogP contribution >= 0.6 is 0 Å². The predicted octanol–water partition coefficient (Wildman–Crippen LogP) is 2.93. The Bertz CT molecular complexity index is 247. The first kappa shape index (κ1) is 15.5. The molecule has 1 unspecified atom stereocenters. The third-order valence-electron chi connectivity index (χ3n) is 3.91. The second-order valence-electron chi connectivity index (χ2n) is 6.05. The quantitative estimate of drug-likeness (QED) is 0.759. The van der Waals surface area contributed by atoms with Crippen molar-refractivity contribution < 1.29 is 4.79 Å². The van der Waals surface area contributed by atoms with Crippen molar-refractivity contribution in [3.8, 4) is 0 Å². The summed E-state index contributed by atoms with van der Waals surface area (Å²) in [6.45, 7) is 7.40. The van der Waals surface area contributed by atoms with Gasteiger partial charge in [-0.15, -0.1) is 0 Å². The van der Waals surface area contributed by atoms with Gasteiger partial charge in [0.2, 0.25) is 5.91 Å². The molecule has 0 aliphatic heterocycles. The minimum atomic E-state index is -0.289. The fourth-order valence-corrected chi connectivity index (χ4v) is 2.73.